The van der Waals surface area contributed by atoms with Gasteiger partial charge in [0.15, 0.2) is 5.54 Å². The van der Waals surface area contributed by atoms with E-state index in [0.717, 1.165) is 10.5 Å². The standard InChI is InChI=1S/C19H26N2O6/c1-18(2,3)27-16(24)20-10-11-21(19(4,13-20)15(22)23)17(25)26-12-14-8-6-5-7-9-14/h5-9H,10-13H2,1-4H3,(H,22,23)/t19-/m0/s1. The lowest BCUT2D eigenvalue weighted by Gasteiger charge is -2.45. The Morgan fingerprint density at radius 2 is 1.74 bits per heavy atom. The summed E-state index contributed by atoms with van der Waals surface area (Å²) in [7, 11) is 0. The van der Waals surface area contributed by atoms with Crippen molar-refractivity contribution < 1.29 is 29.0 Å². The molecule has 1 heterocycles. The van der Waals surface area contributed by atoms with Crippen LogP contribution in [-0.4, -0.2) is 63.8 Å². The van der Waals surface area contributed by atoms with Crippen molar-refractivity contribution in [2.75, 3.05) is 19.6 Å². The molecule has 2 amide bonds. The number of carbonyl (C=O) groups excluding carboxylic acids is 2. The van der Waals surface area contributed by atoms with Crippen molar-refractivity contribution in [2.24, 2.45) is 0 Å². The Bertz CT molecular complexity index is 700. The van der Waals surface area contributed by atoms with Crippen LogP contribution in [0.4, 0.5) is 9.59 Å². The van der Waals surface area contributed by atoms with E-state index in [0.29, 0.717) is 0 Å². The maximum atomic E-state index is 12.5. The van der Waals surface area contributed by atoms with Gasteiger partial charge in [-0.1, -0.05) is 30.3 Å². The molecule has 0 aromatic heterocycles. The highest BCUT2D eigenvalue weighted by Crippen LogP contribution is 2.25. The van der Waals surface area contributed by atoms with E-state index in [2.05, 4.69) is 0 Å². The summed E-state index contributed by atoms with van der Waals surface area (Å²) in [5.74, 6) is -1.22. The monoisotopic (exact) mass is 378 g/mol. The summed E-state index contributed by atoms with van der Waals surface area (Å²) in [5.41, 5.74) is -1.50. The molecule has 1 N–H and O–H groups in total. The first-order chi connectivity index (χ1) is 12.5. The second kappa shape index (κ2) is 7.85. The van der Waals surface area contributed by atoms with Gasteiger partial charge in [-0.05, 0) is 33.3 Å². The smallest absolute Gasteiger partial charge is 0.411 e. The normalized spacial score (nSPS) is 20.1. The molecule has 0 saturated carbocycles. The zero-order valence-electron chi connectivity index (χ0n) is 16.1. The molecule has 0 radical (unpaired) electrons. The molecule has 1 aliphatic rings. The Kier molecular flexibility index (Phi) is 5.98. The zero-order valence-corrected chi connectivity index (χ0v) is 16.1. The molecule has 148 valence electrons. The molecule has 1 aromatic carbocycles. The number of piperazine rings is 1. The first-order valence-electron chi connectivity index (χ1n) is 8.72. The Labute approximate surface area is 158 Å². The molecular formula is C19H26N2O6. The Morgan fingerprint density at radius 1 is 1.11 bits per heavy atom. The molecular weight excluding hydrogens is 352 g/mol. The zero-order chi connectivity index (χ0) is 20.2. The van der Waals surface area contributed by atoms with E-state index in [1.165, 1.54) is 11.8 Å². The maximum absolute atomic E-state index is 12.5. The van der Waals surface area contributed by atoms with Crippen molar-refractivity contribution in [1.82, 2.24) is 9.80 Å². The van der Waals surface area contributed by atoms with Crippen molar-refractivity contribution >= 4 is 18.2 Å². The van der Waals surface area contributed by atoms with E-state index >= 15 is 0 Å². The van der Waals surface area contributed by atoms with Gasteiger partial charge in [0, 0.05) is 13.1 Å². The van der Waals surface area contributed by atoms with Gasteiger partial charge in [0.05, 0.1) is 6.54 Å². The fourth-order valence-electron chi connectivity index (χ4n) is 2.76. The van der Waals surface area contributed by atoms with E-state index in [1.807, 2.05) is 30.3 Å². The average Bonchev–Trinajstić information content (AvgIpc) is 2.59. The Morgan fingerprint density at radius 3 is 2.30 bits per heavy atom. The van der Waals surface area contributed by atoms with E-state index in [4.69, 9.17) is 9.47 Å². The minimum atomic E-state index is -1.61. The van der Waals surface area contributed by atoms with E-state index in [1.54, 1.807) is 20.8 Å². The van der Waals surface area contributed by atoms with E-state index in [-0.39, 0.29) is 26.2 Å². The van der Waals surface area contributed by atoms with Gasteiger partial charge in [-0.2, -0.15) is 0 Å². The Hall–Kier alpha value is -2.77. The molecule has 0 aliphatic carbocycles. The first-order valence-corrected chi connectivity index (χ1v) is 8.72. The first kappa shape index (κ1) is 20.5. The summed E-state index contributed by atoms with van der Waals surface area (Å²) in [6.45, 7) is 6.67. The van der Waals surface area contributed by atoms with Crippen LogP contribution in [0.1, 0.15) is 33.3 Å². The Balaban J connectivity index is 2.08. The quantitative estimate of drug-likeness (QED) is 0.869. The van der Waals surface area contributed by atoms with Crippen LogP contribution in [-0.2, 0) is 20.9 Å². The van der Waals surface area contributed by atoms with Gasteiger partial charge in [0.1, 0.15) is 12.2 Å². The number of hydrogen-bond donors (Lipinski definition) is 1. The van der Waals surface area contributed by atoms with Gasteiger partial charge in [0.25, 0.3) is 0 Å². The topological polar surface area (TPSA) is 96.4 Å². The summed E-state index contributed by atoms with van der Waals surface area (Å²) in [5, 5.41) is 9.71. The van der Waals surface area contributed by atoms with Gasteiger partial charge in [-0.15, -0.1) is 0 Å². The van der Waals surface area contributed by atoms with Crippen LogP contribution in [0.25, 0.3) is 0 Å². The van der Waals surface area contributed by atoms with Crippen LogP contribution >= 0.6 is 0 Å². The molecule has 1 aromatic rings. The number of amides is 2. The fraction of sp³-hybridized carbons (Fsp3) is 0.526. The van der Waals surface area contributed by atoms with Crippen molar-refractivity contribution in [3.8, 4) is 0 Å². The molecule has 0 unspecified atom stereocenters. The van der Waals surface area contributed by atoms with Crippen molar-refractivity contribution in [1.29, 1.82) is 0 Å². The molecule has 2 rings (SSSR count). The third kappa shape index (κ3) is 5.12. The SMILES string of the molecule is CC(C)(C)OC(=O)N1CCN(C(=O)OCc2ccccc2)[C@](C)(C(=O)O)C1. The lowest BCUT2D eigenvalue weighted by Crippen LogP contribution is -2.67. The number of carbonyl (C=O) groups is 3. The molecule has 8 heteroatoms. The lowest BCUT2D eigenvalue weighted by atomic mass is 9.97. The van der Waals surface area contributed by atoms with Crippen LogP contribution < -0.4 is 0 Å². The molecule has 0 spiro atoms. The number of rotatable bonds is 3. The number of carboxylic acids is 1. The minimum absolute atomic E-state index is 0.0374. The fourth-order valence-corrected chi connectivity index (χ4v) is 2.76. The average molecular weight is 378 g/mol. The minimum Gasteiger partial charge on any atom is -0.479 e. The predicted molar refractivity (Wildman–Crippen MR) is 97.2 cm³/mol. The molecule has 1 aliphatic heterocycles. The number of benzene rings is 1. The summed E-state index contributed by atoms with van der Waals surface area (Å²) in [6.07, 6.45) is -1.33. The highest BCUT2D eigenvalue weighted by atomic mass is 16.6. The summed E-state index contributed by atoms with van der Waals surface area (Å²) < 4.78 is 10.6. The van der Waals surface area contributed by atoms with Gasteiger partial charge >= 0.3 is 18.2 Å². The largest absolute Gasteiger partial charge is 0.479 e. The lowest BCUT2D eigenvalue weighted by molar-refractivity contribution is -0.153. The summed E-state index contributed by atoms with van der Waals surface area (Å²) >= 11 is 0. The van der Waals surface area contributed by atoms with Crippen LogP contribution in [0, 0.1) is 0 Å². The molecule has 1 atom stereocenters. The van der Waals surface area contributed by atoms with Gasteiger partial charge in [0.2, 0.25) is 0 Å². The van der Waals surface area contributed by atoms with Crippen molar-refractivity contribution in [3.05, 3.63) is 35.9 Å². The highest BCUT2D eigenvalue weighted by molar-refractivity contribution is 5.85. The predicted octanol–water partition coefficient (Wildman–Crippen LogP) is 2.72. The van der Waals surface area contributed by atoms with Crippen LogP contribution in [0.2, 0.25) is 0 Å². The van der Waals surface area contributed by atoms with Crippen LogP contribution in [0.15, 0.2) is 30.3 Å². The third-order valence-electron chi connectivity index (χ3n) is 4.23. The summed E-state index contributed by atoms with van der Waals surface area (Å²) in [4.78, 5) is 39.1. The summed E-state index contributed by atoms with van der Waals surface area (Å²) in [6, 6.07) is 9.12. The molecule has 0 bridgehead atoms. The highest BCUT2D eigenvalue weighted by Gasteiger charge is 2.49. The third-order valence-corrected chi connectivity index (χ3v) is 4.23. The number of carboxylic acid groups (broad SMARTS) is 1. The van der Waals surface area contributed by atoms with Gasteiger partial charge in [-0.25, -0.2) is 14.4 Å². The number of nitrogens with zero attached hydrogens (tertiary/aromatic N) is 2. The second-order valence-electron chi connectivity index (χ2n) is 7.67. The van der Waals surface area contributed by atoms with Crippen molar-refractivity contribution in [2.45, 2.75) is 45.4 Å². The van der Waals surface area contributed by atoms with Gasteiger partial charge in [-0.3, -0.25) is 4.90 Å². The molecule has 1 fully saturated rings. The van der Waals surface area contributed by atoms with E-state index < -0.39 is 29.3 Å². The maximum Gasteiger partial charge on any atom is 0.411 e. The number of aliphatic carboxylic acids is 1. The molecule has 8 nitrogen and oxygen atoms in total. The second-order valence-corrected chi connectivity index (χ2v) is 7.67. The van der Waals surface area contributed by atoms with E-state index in [9.17, 15) is 19.5 Å². The molecule has 27 heavy (non-hydrogen) atoms. The van der Waals surface area contributed by atoms with Gasteiger partial charge < -0.3 is 19.5 Å². The van der Waals surface area contributed by atoms with Crippen molar-refractivity contribution in [3.63, 3.8) is 0 Å². The number of hydrogen-bond acceptors (Lipinski definition) is 5. The number of ether oxygens (including phenoxy) is 2. The molecule has 1 saturated heterocycles. The van der Waals surface area contributed by atoms with Crippen LogP contribution in [0.3, 0.4) is 0 Å². The van der Waals surface area contributed by atoms with Crippen LogP contribution in [0.5, 0.6) is 0 Å².